The zero-order chi connectivity index (χ0) is 12.0. The Kier molecular flexibility index (Phi) is 7.55. The maximum absolute atomic E-state index is 10.2. The molecule has 0 aliphatic rings. The molecule has 0 atom stereocenters. The highest BCUT2D eigenvalue weighted by atomic mass is 35.5. The third kappa shape index (κ3) is 4.04. The normalized spacial score (nSPS) is 8.12. The quantitative estimate of drug-likeness (QED) is 0.391. The lowest BCUT2D eigenvalue weighted by atomic mass is 10.2. The molecular weight excluding hydrogens is 244 g/mol. The van der Waals surface area contributed by atoms with Crippen LogP contribution in [0.4, 0.5) is 11.4 Å². The van der Waals surface area contributed by atoms with Crippen LogP contribution in [0.2, 0.25) is 0 Å². The van der Waals surface area contributed by atoms with Crippen molar-refractivity contribution in [1.82, 2.24) is 0 Å². The largest absolute Gasteiger partial charge is 0.502 e. The summed E-state index contributed by atoms with van der Waals surface area (Å²) in [6, 6.07) is 2.61. The van der Waals surface area contributed by atoms with Crippen molar-refractivity contribution in [2.24, 2.45) is 11.7 Å². The first kappa shape index (κ1) is 16.5. The Labute approximate surface area is 95.3 Å². The van der Waals surface area contributed by atoms with Crippen LogP contribution in [0.5, 0.6) is 5.75 Å². The number of hydrogen-bond acceptors (Lipinski definition) is 7. The molecular formula is C6H9ClN4O5. The number of non-ortho nitro benzene ring substituents is 1. The summed E-state index contributed by atoms with van der Waals surface area (Å²) in [5.74, 6) is 7.41. The molecule has 0 spiro atoms. The summed E-state index contributed by atoms with van der Waals surface area (Å²) in [5, 5.41) is 29.3. The fraction of sp³-hybridized carbons (Fsp3) is 0. The molecule has 0 heterocycles. The highest BCUT2D eigenvalue weighted by Gasteiger charge is 2.18. The van der Waals surface area contributed by atoms with Crippen molar-refractivity contribution in [3.63, 3.8) is 0 Å². The van der Waals surface area contributed by atoms with E-state index in [1.165, 1.54) is 0 Å². The molecule has 0 aliphatic carbocycles. The molecule has 0 aromatic heterocycles. The van der Waals surface area contributed by atoms with Gasteiger partial charge in [0.15, 0.2) is 5.75 Å². The van der Waals surface area contributed by atoms with Gasteiger partial charge in [0.1, 0.15) is 0 Å². The number of aromatic hydroxyl groups is 1. The Bertz CT molecular complexity index is 385. The second kappa shape index (κ2) is 7.34. The third-order valence-electron chi connectivity index (χ3n) is 1.37. The average molecular weight is 253 g/mol. The number of nitrogens with two attached hydrogens (primary N) is 2. The van der Waals surface area contributed by atoms with Gasteiger partial charge in [-0.15, -0.1) is 12.4 Å². The molecule has 1 aromatic rings. The van der Waals surface area contributed by atoms with Crippen LogP contribution < -0.4 is 11.7 Å². The molecule has 16 heavy (non-hydrogen) atoms. The van der Waals surface area contributed by atoms with Crippen LogP contribution in [0.3, 0.4) is 0 Å². The molecule has 0 saturated heterocycles. The van der Waals surface area contributed by atoms with Crippen LogP contribution >= 0.6 is 12.4 Å². The molecule has 0 bridgehead atoms. The minimum absolute atomic E-state index is 0. The Morgan fingerprint density at radius 3 is 2.00 bits per heavy atom. The lowest BCUT2D eigenvalue weighted by Gasteiger charge is -1.94. The first-order valence-corrected chi connectivity index (χ1v) is 3.47. The number of hydrogen-bond donors (Lipinski definition) is 3. The van der Waals surface area contributed by atoms with Gasteiger partial charge >= 0.3 is 5.69 Å². The van der Waals surface area contributed by atoms with E-state index in [-0.39, 0.29) is 12.4 Å². The predicted octanol–water partition coefficient (Wildman–Crippen LogP) is 0.449. The van der Waals surface area contributed by atoms with Crippen LogP contribution in [-0.2, 0) is 0 Å². The number of halogens is 1. The van der Waals surface area contributed by atoms with Crippen molar-refractivity contribution >= 4 is 23.8 Å². The van der Waals surface area contributed by atoms with Gasteiger partial charge in [0.25, 0.3) is 5.69 Å². The topological polar surface area (TPSA) is 159 Å². The summed E-state index contributed by atoms with van der Waals surface area (Å²) < 4.78 is 0. The van der Waals surface area contributed by atoms with Crippen molar-refractivity contribution in [2.75, 3.05) is 0 Å². The number of nitro groups is 2. The zero-order valence-corrected chi connectivity index (χ0v) is 8.59. The predicted molar refractivity (Wildman–Crippen MR) is 57.0 cm³/mol. The van der Waals surface area contributed by atoms with Gasteiger partial charge in [-0.25, -0.2) is 0 Å². The van der Waals surface area contributed by atoms with E-state index in [2.05, 4.69) is 11.7 Å². The van der Waals surface area contributed by atoms with Crippen LogP contribution in [0.25, 0.3) is 0 Å². The fourth-order valence-corrected chi connectivity index (χ4v) is 0.772. The molecule has 0 aliphatic heterocycles. The van der Waals surface area contributed by atoms with Crippen molar-refractivity contribution in [1.29, 1.82) is 0 Å². The number of nitro benzene ring substituents is 2. The van der Waals surface area contributed by atoms with E-state index >= 15 is 0 Å². The molecule has 0 radical (unpaired) electrons. The van der Waals surface area contributed by atoms with Gasteiger partial charge in [-0.1, -0.05) is 0 Å². The first-order valence-electron chi connectivity index (χ1n) is 3.47. The molecule has 1 rings (SSSR count). The standard InChI is InChI=1S/C6H4N2O5.ClH.H4N2/c9-6-2-1-4(7(10)11)3-5(6)8(12)13;;1-2/h1-3,9H;1H;1-2H2. The molecule has 5 N–H and O–H groups in total. The van der Waals surface area contributed by atoms with Crippen molar-refractivity contribution in [3.8, 4) is 5.75 Å². The van der Waals surface area contributed by atoms with Gasteiger partial charge < -0.3 is 5.11 Å². The van der Waals surface area contributed by atoms with Gasteiger partial charge in [0.2, 0.25) is 0 Å². The Hall–Kier alpha value is -1.97. The highest BCUT2D eigenvalue weighted by molar-refractivity contribution is 5.85. The molecule has 0 saturated carbocycles. The zero-order valence-electron chi connectivity index (χ0n) is 7.77. The second-order valence-corrected chi connectivity index (χ2v) is 2.19. The fourth-order valence-electron chi connectivity index (χ4n) is 0.772. The molecule has 9 nitrogen and oxygen atoms in total. The summed E-state index contributed by atoms with van der Waals surface area (Å²) in [6.45, 7) is 0. The minimum Gasteiger partial charge on any atom is -0.502 e. The summed E-state index contributed by atoms with van der Waals surface area (Å²) in [6.07, 6.45) is 0. The highest BCUT2D eigenvalue weighted by Crippen LogP contribution is 2.29. The average Bonchev–Trinajstić information content (AvgIpc) is 2.20. The lowest BCUT2D eigenvalue weighted by Crippen LogP contribution is -2.02. The van der Waals surface area contributed by atoms with E-state index in [1.54, 1.807) is 0 Å². The Morgan fingerprint density at radius 2 is 1.62 bits per heavy atom. The van der Waals surface area contributed by atoms with E-state index in [0.29, 0.717) is 6.07 Å². The Morgan fingerprint density at radius 1 is 1.12 bits per heavy atom. The van der Waals surface area contributed by atoms with Gasteiger partial charge in [-0.05, 0) is 6.07 Å². The van der Waals surface area contributed by atoms with Crippen molar-refractivity contribution < 1.29 is 15.0 Å². The molecule has 0 fully saturated rings. The SMILES string of the molecule is Cl.NN.O=[N+]([O-])c1ccc(O)c([N+](=O)[O-])c1. The van der Waals surface area contributed by atoms with Crippen molar-refractivity contribution in [3.05, 3.63) is 38.4 Å². The van der Waals surface area contributed by atoms with E-state index in [4.69, 9.17) is 5.11 Å². The summed E-state index contributed by atoms with van der Waals surface area (Å²) in [7, 11) is 0. The number of benzene rings is 1. The summed E-state index contributed by atoms with van der Waals surface area (Å²) in [4.78, 5) is 18.7. The van der Waals surface area contributed by atoms with E-state index in [1.807, 2.05) is 0 Å². The van der Waals surface area contributed by atoms with Crippen LogP contribution in [0, 0.1) is 20.2 Å². The number of rotatable bonds is 2. The van der Waals surface area contributed by atoms with Crippen LogP contribution in [0.1, 0.15) is 0 Å². The van der Waals surface area contributed by atoms with Gasteiger partial charge in [-0.2, -0.15) is 0 Å². The van der Waals surface area contributed by atoms with Crippen LogP contribution in [-0.4, -0.2) is 15.0 Å². The van der Waals surface area contributed by atoms with E-state index < -0.39 is 27.0 Å². The van der Waals surface area contributed by atoms with Crippen molar-refractivity contribution in [2.45, 2.75) is 0 Å². The summed E-state index contributed by atoms with van der Waals surface area (Å²) in [5.41, 5.74) is -1.10. The lowest BCUT2D eigenvalue weighted by molar-refractivity contribution is -0.394. The first-order chi connectivity index (χ1) is 7.02. The van der Waals surface area contributed by atoms with E-state index in [0.717, 1.165) is 12.1 Å². The number of phenolic OH excluding ortho intramolecular Hbond substituents is 1. The summed E-state index contributed by atoms with van der Waals surface area (Å²) >= 11 is 0. The minimum atomic E-state index is -0.887. The third-order valence-corrected chi connectivity index (χ3v) is 1.37. The molecule has 0 amide bonds. The molecule has 1 aromatic carbocycles. The number of nitrogens with zero attached hydrogens (tertiary/aromatic N) is 2. The number of phenols is 1. The molecule has 0 unspecified atom stereocenters. The molecule has 90 valence electrons. The number of hydrazine groups is 1. The molecule has 10 heteroatoms. The maximum atomic E-state index is 10.2. The van der Waals surface area contributed by atoms with Gasteiger partial charge in [-0.3, -0.25) is 31.9 Å². The second-order valence-electron chi connectivity index (χ2n) is 2.19. The maximum Gasteiger partial charge on any atom is 0.317 e. The van der Waals surface area contributed by atoms with Gasteiger partial charge in [0, 0.05) is 6.07 Å². The van der Waals surface area contributed by atoms with Gasteiger partial charge in [0.05, 0.1) is 15.9 Å². The smallest absolute Gasteiger partial charge is 0.317 e. The monoisotopic (exact) mass is 252 g/mol. The van der Waals surface area contributed by atoms with Crippen LogP contribution in [0.15, 0.2) is 18.2 Å². The Balaban J connectivity index is 0. The van der Waals surface area contributed by atoms with E-state index in [9.17, 15) is 20.2 Å².